The number of likely N-dealkylation sites (tertiary alicyclic amines) is 1. The molecule has 0 amide bonds. The van der Waals surface area contributed by atoms with Gasteiger partial charge in [0.05, 0.1) is 6.61 Å². The first-order valence-electron chi connectivity index (χ1n) is 6.77. The van der Waals surface area contributed by atoms with Crippen molar-refractivity contribution in [3.05, 3.63) is 0 Å². The van der Waals surface area contributed by atoms with Crippen LogP contribution in [-0.4, -0.2) is 48.3 Å². The molecule has 0 aromatic carbocycles. The van der Waals surface area contributed by atoms with Gasteiger partial charge >= 0.3 is 0 Å². The van der Waals surface area contributed by atoms with Gasteiger partial charge in [0.2, 0.25) is 0 Å². The average molecular weight is 228 g/mol. The summed E-state index contributed by atoms with van der Waals surface area (Å²) >= 11 is 0. The summed E-state index contributed by atoms with van der Waals surface area (Å²) in [6.07, 6.45) is 3.78. The predicted molar refractivity (Wildman–Crippen MR) is 68.6 cm³/mol. The van der Waals surface area contributed by atoms with E-state index in [0.29, 0.717) is 6.04 Å². The van der Waals surface area contributed by atoms with Gasteiger partial charge in [-0.25, -0.2) is 0 Å². The van der Waals surface area contributed by atoms with E-state index >= 15 is 0 Å². The smallest absolute Gasteiger partial charge is 0.0597 e. The molecule has 1 aliphatic rings. The number of piperidine rings is 1. The molecule has 0 saturated carbocycles. The monoisotopic (exact) mass is 228 g/mol. The lowest BCUT2D eigenvalue weighted by Crippen LogP contribution is -2.50. The van der Waals surface area contributed by atoms with Gasteiger partial charge in [-0.1, -0.05) is 13.8 Å². The maximum absolute atomic E-state index is 9.35. The van der Waals surface area contributed by atoms with Gasteiger partial charge < -0.3 is 10.4 Å². The largest absolute Gasteiger partial charge is 0.395 e. The second-order valence-electron chi connectivity index (χ2n) is 5.19. The number of nitrogens with zero attached hydrogens (tertiary/aromatic N) is 1. The predicted octanol–water partition coefficient (Wildman–Crippen LogP) is 1.47. The number of rotatable bonds is 6. The van der Waals surface area contributed by atoms with Crippen LogP contribution >= 0.6 is 0 Å². The van der Waals surface area contributed by atoms with Crippen molar-refractivity contribution >= 4 is 0 Å². The van der Waals surface area contributed by atoms with Crippen molar-refractivity contribution in [2.75, 3.05) is 26.2 Å². The minimum atomic E-state index is 0.243. The Labute approximate surface area is 100 Å². The molecule has 3 nitrogen and oxygen atoms in total. The van der Waals surface area contributed by atoms with Crippen molar-refractivity contribution in [1.82, 2.24) is 10.2 Å². The van der Waals surface area contributed by atoms with Crippen molar-refractivity contribution in [2.24, 2.45) is 5.92 Å². The first kappa shape index (κ1) is 13.9. The summed E-state index contributed by atoms with van der Waals surface area (Å²) in [7, 11) is 0. The van der Waals surface area contributed by atoms with Gasteiger partial charge in [0, 0.05) is 18.6 Å². The fourth-order valence-electron chi connectivity index (χ4n) is 2.50. The lowest BCUT2D eigenvalue weighted by atomic mass is 9.92. The van der Waals surface area contributed by atoms with Crippen LogP contribution in [0.4, 0.5) is 0 Å². The van der Waals surface area contributed by atoms with Gasteiger partial charge in [0.25, 0.3) is 0 Å². The second-order valence-corrected chi connectivity index (χ2v) is 5.19. The molecule has 3 unspecified atom stereocenters. The van der Waals surface area contributed by atoms with Crippen LogP contribution < -0.4 is 5.32 Å². The zero-order chi connectivity index (χ0) is 12.0. The molecule has 96 valence electrons. The SMILES string of the molecule is CCCNC(CO)CN1CCCC(C)C1C. The molecule has 0 radical (unpaired) electrons. The van der Waals surface area contributed by atoms with E-state index in [-0.39, 0.29) is 12.6 Å². The minimum Gasteiger partial charge on any atom is -0.395 e. The maximum Gasteiger partial charge on any atom is 0.0597 e. The third-order valence-electron chi connectivity index (χ3n) is 3.86. The van der Waals surface area contributed by atoms with E-state index in [4.69, 9.17) is 0 Å². The molecule has 1 fully saturated rings. The molecule has 0 aromatic heterocycles. The Morgan fingerprint density at radius 3 is 2.81 bits per heavy atom. The van der Waals surface area contributed by atoms with Crippen molar-refractivity contribution in [1.29, 1.82) is 0 Å². The Kier molecular flexibility index (Phi) is 6.32. The summed E-state index contributed by atoms with van der Waals surface area (Å²) in [5.41, 5.74) is 0. The van der Waals surface area contributed by atoms with Crippen LogP contribution in [0.1, 0.15) is 40.0 Å². The molecule has 1 heterocycles. The molecule has 3 atom stereocenters. The lowest BCUT2D eigenvalue weighted by molar-refractivity contribution is 0.0888. The Morgan fingerprint density at radius 2 is 2.19 bits per heavy atom. The summed E-state index contributed by atoms with van der Waals surface area (Å²) in [6, 6.07) is 0.902. The number of aliphatic hydroxyl groups excluding tert-OH is 1. The second kappa shape index (κ2) is 7.25. The number of aliphatic hydroxyl groups is 1. The van der Waals surface area contributed by atoms with E-state index in [1.807, 2.05) is 0 Å². The highest BCUT2D eigenvalue weighted by molar-refractivity contribution is 4.82. The summed E-state index contributed by atoms with van der Waals surface area (Å²) in [6.45, 7) is 10.2. The van der Waals surface area contributed by atoms with Crippen molar-refractivity contribution in [3.63, 3.8) is 0 Å². The summed E-state index contributed by atoms with van der Waals surface area (Å²) < 4.78 is 0. The van der Waals surface area contributed by atoms with E-state index in [0.717, 1.165) is 25.4 Å². The topological polar surface area (TPSA) is 35.5 Å². The van der Waals surface area contributed by atoms with Crippen LogP contribution in [-0.2, 0) is 0 Å². The Hall–Kier alpha value is -0.120. The van der Waals surface area contributed by atoms with E-state index < -0.39 is 0 Å². The summed E-state index contributed by atoms with van der Waals surface area (Å²) in [5.74, 6) is 0.791. The van der Waals surface area contributed by atoms with Gasteiger partial charge in [0.1, 0.15) is 0 Å². The van der Waals surface area contributed by atoms with E-state index in [2.05, 4.69) is 31.0 Å². The van der Waals surface area contributed by atoms with Gasteiger partial charge in [-0.2, -0.15) is 0 Å². The van der Waals surface area contributed by atoms with Gasteiger partial charge in [-0.3, -0.25) is 4.90 Å². The molecule has 0 spiro atoms. The van der Waals surface area contributed by atoms with Crippen molar-refractivity contribution < 1.29 is 5.11 Å². The molecular weight excluding hydrogens is 200 g/mol. The molecule has 2 N–H and O–H groups in total. The molecule has 0 aliphatic carbocycles. The van der Waals surface area contributed by atoms with E-state index in [1.54, 1.807) is 0 Å². The Bertz CT molecular complexity index is 187. The number of hydrogen-bond donors (Lipinski definition) is 2. The minimum absolute atomic E-state index is 0.243. The molecule has 0 bridgehead atoms. The van der Waals surface area contributed by atoms with Crippen LogP contribution in [0.25, 0.3) is 0 Å². The summed E-state index contributed by atoms with van der Waals surface area (Å²) in [5, 5.41) is 12.8. The number of hydrogen-bond acceptors (Lipinski definition) is 3. The first-order valence-corrected chi connectivity index (χ1v) is 6.77. The van der Waals surface area contributed by atoms with Gasteiger partial charge in [0.15, 0.2) is 0 Å². The Morgan fingerprint density at radius 1 is 1.44 bits per heavy atom. The van der Waals surface area contributed by atoms with Crippen LogP contribution in [0.3, 0.4) is 0 Å². The lowest BCUT2D eigenvalue weighted by Gasteiger charge is -2.39. The quantitative estimate of drug-likeness (QED) is 0.722. The fraction of sp³-hybridized carbons (Fsp3) is 1.00. The zero-order valence-electron chi connectivity index (χ0n) is 11.1. The van der Waals surface area contributed by atoms with Crippen LogP contribution in [0.15, 0.2) is 0 Å². The highest BCUT2D eigenvalue weighted by atomic mass is 16.3. The van der Waals surface area contributed by atoms with E-state index in [9.17, 15) is 5.11 Å². The normalized spacial score (nSPS) is 29.2. The summed E-state index contributed by atoms with van der Waals surface area (Å²) in [4.78, 5) is 2.53. The molecular formula is C13H28N2O. The average Bonchev–Trinajstić information content (AvgIpc) is 2.30. The Balaban J connectivity index is 2.37. The van der Waals surface area contributed by atoms with Gasteiger partial charge in [-0.05, 0) is 45.2 Å². The molecule has 0 aromatic rings. The van der Waals surface area contributed by atoms with Gasteiger partial charge in [-0.15, -0.1) is 0 Å². The van der Waals surface area contributed by atoms with Crippen LogP contribution in [0, 0.1) is 5.92 Å². The molecule has 16 heavy (non-hydrogen) atoms. The molecule has 1 rings (SSSR count). The van der Waals surface area contributed by atoms with Crippen LogP contribution in [0.5, 0.6) is 0 Å². The fourth-order valence-corrected chi connectivity index (χ4v) is 2.50. The van der Waals surface area contributed by atoms with E-state index in [1.165, 1.54) is 19.4 Å². The highest BCUT2D eigenvalue weighted by Gasteiger charge is 2.26. The molecule has 3 heteroatoms. The van der Waals surface area contributed by atoms with Crippen molar-refractivity contribution in [2.45, 2.75) is 52.1 Å². The maximum atomic E-state index is 9.35. The zero-order valence-corrected chi connectivity index (χ0v) is 11.1. The van der Waals surface area contributed by atoms with Crippen molar-refractivity contribution in [3.8, 4) is 0 Å². The third kappa shape index (κ3) is 4.04. The standard InChI is InChI=1S/C13H28N2O/c1-4-7-14-13(10-16)9-15-8-5-6-11(2)12(15)3/h11-14,16H,4-10H2,1-3H3. The third-order valence-corrected chi connectivity index (χ3v) is 3.86. The number of nitrogens with one attached hydrogen (secondary N) is 1. The molecule has 1 saturated heterocycles. The highest BCUT2D eigenvalue weighted by Crippen LogP contribution is 2.22. The first-order chi connectivity index (χ1) is 7.69. The van der Waals surface area contributed by atoms with Crippen LogP contribution in [0.2, 0.25) is 0 Å². The molecule has 1 aliphatic heterocycles.